The van der Waals surface area contributed by atoms with Gasteiger partial charge in [-0.25, -0.2) is 4.79 Å². The van der Waals surface area contributed by atoms with E-state index in [4.69, 9.17) is 4.79 Å². The quantitative estimate of drug-likeness (QED) is 0.465. The Morgan fingerprint density at radius 1 is 1.36 bits per heavy atom. The van der Waals surface area contributed by atoms with Crippen LogP contribution in [0.1, 0.15) is 0 Å². The molecule has 0 aliphatic rings. The minimum Gasteiger partial charge on any atom is -0.352 e. The van der Waals surface area contributed by atoms with Crippen molar-refractivity contribution in [1.82, 2.24) is 4.98 Å². The maximum atomic E-state index is 10.2. The second kappa shape index (κ2) is 5.04. The Hall–Kier alpha value is -1.78. The van der Waals surface area contributed by atoms with Crippen molar-refractivity contribution in [1.29, 1.82) is 0 Å². The molecule has 0 atom stereocenters. The second-order valence-electron chi connectivity index (χ2n) is 1.63. The number of nitrogens with two attached hydrogens (primary N) is 2. The van der Waals surface area contributed by atoms with E-state index in [0.717, 1.165) is 0 Å². The molecule has 1 heterocycles. The summed E-state index contributed by atoms with van der Waals surface area (Å²) in [6.45, 7) is 0. The van der Waals surface area contributed by atoms with E-state index in [1.54, 1.807) is 18.3 Å². The number of carbonyl (C=O) groups is 1. The van der Waals surface area contributed by atoms with E-state index in [-0.39, 0.29) is 5.56 Å². The number of primary amides is 2. The Morgan fingerprint density at radius 2 is 1.91 bits per heavy atom. The number of H-pyrrole nitrogens is 1. The smallest absolute Gasteiger partial charge is 0.309 e. The van der Waals surface area contributed by atoms with Gasteiger partial charge in [-0.2, -0.15) is 0 Å². The van der Waals surface area contributed by atoms with Crippen molar-refractivity contribution >= 4 is 6.03 Å². The van der Waals surface area contributed by atoms with E-state index in [1.807, 2.05) is 0 Å². The summed E-state index contributed by atoms with van der Waals surface area (Å²) < 4.78 is 0. The lowest BCUT2D eigenvalue weighted by Gasteiger charge is -1.73. The van der Waals surface area contributed by atoms with E-state index < -0.39 is 6.03 Å². The predicted octanol–water partition coefficient (Wildman–Crippen LogP) is -0.601. The third kappa shape index (κ3) is 8.22. The zero-order valence-corrected chi connectivity index (χ0v) is 5.78. The van der Waals surface area contributed by atoms with E-state index in [1.165, 1.54) is 6.07 Å². The van der Waals surface area contributed by atoms with Crippen molar-refractivity contribution in [2.24, 2.45) is 11.5 Å². The van der Waals surface area contributed by atoms with Crippen LogP contribution in [-0.2, 0) is 0 Å². The van der Waals surface area contributed by atoms with Crippen LogP contribution in [0.15, 0.2) is 29.2 Å². The average Bonchev–Trinajstić information content (AvgIpc) is 1.87. The molecule has 0 saturated carbocycles. The molecular formula is C6H9N3O2. The maximum absolute atomic E-state index is 10.2. The Balaban J connectivity index is 0.000000218. The molecule has 5 heteroatoms. The van der Waals surface area contributed by atoms with E-state index in [0.29, 0.717) is 0 Å². The summed E-state index contributed by atoms with van der Waals surface area (Å²) in [6, 6.07) is 4.10. The van der Waals surface area contributed by atoms with Crippen LogP contribution in [0.4, 0.5) is 4.79 Å². The highest BCUT2D eigenvalue weighted by atomic mass is 16.2. The van der Waals surface area contributed by atoms with Gasteiger partial charge in [0.05, 0.1) is 0 Å². The Kier molecular flexibility index (Phi) is 4.22. The minimum absolute atomic E-state index is 0.0532. The second-order valence-corrected chi connectivity index (χ2v) is 1.63. The first-order valence-electron chi connectivity index (χ1n) is 2.81. The average molecular weight is 155 g/mol. The lowest BCUT2D eigenvalue weighted by Crippen LogP contribution is -2.18. The van der Waals surface area contributed by atoms with Gasteiger partial charge >= 0.3 is 6.03 Å². The van der Waals surface area contributed by atoms with Gasteiger partial charge in [0.2, 0.25) is 5.56 Å². The van der Waals surface area contributed by atoms with Gasteiger partial charge in [-0.05, 0) is 6.07 Å². The van der Waals surface area contributed by atoms with Crippen molar-refractivity contribution in [3.8, 4) is 0 Å². The first kappa shape index (κ1) is 9.22. The van der Waals surface area contributed by atoms with Gasteiger partial charge in [-0.15, -0.1) is 0 Å². The van der Waals surface area contributed by atoms with Gasteiger partial charge in [-0.3, -0.25) is 4.79 Å². The fraction of sp³-hybridized carbons (Fsp3) is 0. The normalized spacial score (nSPS) is 7.64. The molecule has 60 valence electrons. The van der Waals surface area contributed by atoms with Crippen LogP contribution in [0.5, 0.6) is 0 Å². The number of hydrogen-bond acceptors (Lipinski definition) is 2. The number of hydrogen-bond donors (Lipinski definition) is 3. The Morgan fingerprint density at radius 3 is 2.09 bits per heavy atom. The van der Waals surface area contributed by atoms with Crippen LogP contribution in [0.3, 0.4) is 0 Å². The van der Waals surface area contributed by atoms with Crippen molar-refractivity contribution in [2.45, 2.75) is 0 Å². The monoisotopic (exact) mass is 155 g/mol. The van der Waals surface area contributed by atoms with Crippen LogP contribution in [0.2, 0.25) is 0 Å². The molecule has 0 aromatic carbocycles. The lowest BCUT2D eigenvalue weighted by molar-refractivity contribution is 0.256. The largest absolute Gasteiger partial charge is 0.352 e. The molecule has 0 saturated heterocycles. The van der Waals surface area contributed by atoms with Crippen LogP contribution in [0.25, 0.3) is 0 Å². The molecule has 1 aromatic rings. The van der Waals surface area contributed by atoms with Gasteiger partial charge in [0, 0.05) is 12.3 Å². The minimum atomic E-state index is -0.833. The number of aromatic amines is 1. The first-order chi connectivity index (χ1) is 5.13. The van der Waals surface area contributed by atoms with Gasteiger partial charge in [-0.1, -0.05) is 6.07 Å². The van der Waals surface area contributed by atoms with Crippen LogP contribution in [0, 0.1) is 0 Å². The molecule has 0 radical (unpaired) electrons. The lowest BCUT2D eigenvalue weighted by atomic mass is 10.5. The molecule has 0 aliphatic carbocycles. The standard InChI is InChI=1S/C5H5NO.CH4N2O/c7-5-3-1-2-4-6-5;2-1(3)4/h1-4H,(H,6,7);(H4,2,3,4). The molecule has 0 unspecified atom stereocenters. The van der Waals surface area contributed by atoms with Gasteiger partial charge in [0.1, 0.15) is 0 Å². The number of amides is 2. The first-order valence-corrected chi connectivity index (χ1v) is 2.81. The fourth-order valence-corrected chi connectivity index (χ4v) is 0.377. The molecule has 0 aliphatic heterocycles. The number of nitrogens with one attached hydrogen (secondary N) is 1. The molecule has 0 bridgehead atoms. The van der Waals surface area contributed by atoms with Gasteiger partial charge < -0.3 is 16.5 Å². The summed E-state index contributed by atoms with van der Waals surface area (Å²) in [6.07, 6.45) is 1.60. The summed E-state index contributed by atoms with van der Waals surface area (Å²) in [5.74, 6) is 0. The van der Waals surface area contributed by atoms with Crippen LogP contribution in [-0.4, -0.2) is 11.0 Å². The van der Waals surface area contributed by atoms with Gasteiger partial charge in [0.25, 0.3) is 0 Å². The topological polar surface area (TPSA) is 102 Å². The molecule has 2 amide bonds. The summed E-state index contributed by atoms with van der Waals surface area (Å²) >= 11 is 0. The molecule has 5 N–H and O–H groups in total. The van der Waals surface area contributed by atoms with Gasteiger partial charge in [0.15, 0.2) is 0 Å². The zero-order chi connectivity index (χ0) is 8.69. The molecule has 0 spiro atoms. The molecule has 5 nitrogen and oxygen atoms in total. The third-order valence-electron chi connectivity index (χ3n) is 0.681. The Bertz CT molecular complexity index is 247. The zero-order valence-electron chi connectivity index (χ0n) is 5.78. The summed E-state index contributed by atoms with van der Waals surface area (Å²) in [4.78, 5) is 21.7. The molecule has 11 heavy (non-hydrogen) atoms. The van der Waals surface area contributed by atoms with Crippen molar-refractivity contribution in [2.75, 3.05) is 0 Å². The number of carbonyl (C=O) groups excluding carboxylic acids is 1. The van der Waals surface area contributed by atoms with Crippen molar-refractivity contribution in [3.05, 3.63) is 34.7 Å². The number of rotatable bonds is 0. The van der Waals surface area contributed by atoms with Crippen molar-refractivity contribution in [3.63, 3.8) is 0 Å². The van der Waals surface area contributed by atoms with E-state index in [9.17, 15) is 4.79 Å². The molecule has 1 aromatic heterocycles. The highest BCUT2D eigenvalue weighted by Gasteiger charge is 1.69. The predicted molar refractivity (Wildman–Crippen MR) is 40.8 cm³/mol. The number of aromatic nitrogens is 1. The SMILES string of the molecule is NC(N)=O.O=c1cccc[nH]1. The Labute approximate surface area is 63.0 Å². The van der Waals surface area contributed by atoms with E-state index >= 15 is 0 Å². The van der Waals surface area contributed by atoms with E-state index in [2.05, 4.69) is 16.5 Å². The molecule has 0 fully saturated rings. The maximum Gasteiger partial charge on any atom is 0.309 e. The molecule has 1 rings (SSSR count). The third-order valence-corrected chi connectivity index (χ3v) is 0.681. The number of pyridine rings is 1. The van der Waals surface area contributed by atoms with Crippen LogP contribution < -0.4 is 17.0 Å². The fourth-order valence-electron chi connectivity index (χ4n) is 0.377. The molecular weight excluding hydrogens is 146 g/mol. The summed E-state index contributed by atoms with van der Waals surface area (Å²) in [5, 5.41) is 0. The summed E-state index contributed by atoms with van der Waals surface area (Å²) in [5.41, 5.74) is 8.45. The number of urea groups is 1. The highest BCUT2D eigenvalue weighted by Crippen LogP contribution is 1.67. The van der Waals surface area contributed by atoms with Crippen LogP contribution >= 0.6 is 0 Å². The summed E-state index contributed by atoms with van der Waals surface area (Å²) in [7, 11) is 0. The van der Waals surface area contributed by atoms with Crippen molar-refractivity contribution < 1.29 is 4.79 Å². The highest BCUT2D eigenvalue weighted by molar-refractivity contribution is 5.69.